The topological polar surface area (TPSA) is 45.7 Å². The molecule has 1 aromatic carbocycles. The number of ketones is 1. The fourth-order valence-corrected chi connectivity index (χ4v) is 5.29. The summed E-state index contributed by atoms with van der Waals surface area (Å²) >= 11 is 0. The van der Waals surface area contributed by atoms with Crippen molar-refractivity contribution in [2.45, 2.75) is 25.7 Å². The number of ether oxygens (including phenoxy) is 1. The Morgan fingerprint density at radius 1 is 1.13 bits per heavy atom. The van der Waals surface area contributed by atoms with Crippen LogP contribution in [0.5, 0.6) is 0 Å². The van der Waals surface area contributed by atoms with E-state index >= 15 is 0 Å². The van der Waals surface area contributed by atoms with E-state index < -0.39 is 0 Å². The molecule has 1 aliphatic carbocycles. The molecular weight excluding hydrogens is 381 g/mol. The van der Waals surface area contributed by atoms with Crippen molar-refractivity contribution in [2.75, 3.05) is 50.8 Å². The van der Waals surface area contributed by atoms with Gasteiger partial charge in [0, 0.05) is 49.9 Å². The molecule has 6 heteroatoms. The summed E-state index contributed by atoms with van der Waals surface area (Å²) in [7, 11) is 0. The first-order chi connectivity index (χ1) is 14.7. The Morgan fingerprint density at radius 2 is 1.97 bits per heavy atom. The maximum absolute atomic E-state index is 14.3. The van der Waals surface area contributed by atoms with Gasteiger partial charge >= 0.3 is 0 Å². The van der Waals surface area contributed by atoms with E-state index in [0.29, 0.717) is 36.1 Å². The molecule has 1 saturated carbocycles. The molecular formula is C24H30FN3O2. The number of nitrogens with zero attached hydrogens (tertiary/aromatic N) is 3. The molecule has 3 heterocycles. The highest BCUT2D eigenvalue weighted by molar-refractivity contribution is 5.92. The molecule has 3 aliphatic rings. The van der Waals surface area contributed by atoms with Crippen LogP contribution in [-0.4, -0.2) is 61.6 Å². The summed E-state index contributed by atoms with van der Waals surface area (Å²) in [5.74, 6) is 1.83. The van der Waals surface area contributed by atoms with Crippen LogP contribution >= 0.6 is 0 Å². The van der Waals surface area contributed by atoms with E-state index in [1.807, 2.05) is 18.2 Å². The Morgan fingerprint density at radius 3 is 2.77 bits per heavy atom. The molecule has 2 atom stereocenters. The van der Waals surface area contributed by atoms with Gasteiger partial charge in [-0.25, -0.2) is 4.39 Å². The first-order valence-electron chi connectivity index (χ1n) is 11.3. The Hall–Kier alpha value is -2.05. The third-order valence-corrected chi connectivity index (χ3v) is 6.92. The Labute approximate surface area is 177 Å². The van der Waals surface area contributed by atoms with Crippen LogP contribution in [0.3, 0.4) is 0 Å². The third-order valence-electron chi connectivity index (χ3n) is 6.92. The molecule has 5 rings (SSSR count). The highest BCUT2D eigenvalue weighted by Gasteiger charge is 2.38. The number of piperidine rings is 1. The van der Waals surface area contributed by atoms with Crippen molar-refractivity contribution in [3.63, 3.8) is 0 Å². The van der Waals surface area contributed by atoms with Crippen LogP contribution in [0, 0.1) is 23.6 Å². The van der Waals surface area contributed by atoms with Crippen molar-refractivity contribution in [3.8, 4) is 0 Å². The van der Waals surface area contributed by atoms with Crippen LogP contribution in [-0.2, 0) is 9.53 Å². The van der Waals surface area contributed by atoms with Crippen LogP contribution in [0.4, 0.5) is 10.1 Å². The van der Waals surface area contributed by atoms with Crippen molar-refractivity contribution >= 4 is 22.4 Å². The first-order valence-corrected chi connectivity index (χ1v) is 11.3. The zero-order chi connectivity index (χ0) is 20.5. The highest BCUT2D eigenvalue weighted by atomic mass is 19.1. The quantitative estimate of drug-likeness (QED) is 0.728. The number of halogens is 1. The number of pyridine rings is 1. The lowest BCUT2D eigenvalue weighted by Gasteiger charge is -2.40. The zero-order valence-electron chi connectivity index (χ0n) is 17.4. The lowest BCUT2D eigenvalue weighted by Crippen LogP contribution is -2.44. The first kappa shape index (κ1) is 19.9. The lowest BCUT2D eigenvalue weighted by atomic mass is 9.83. The molecule has 0 spiro atoms. The monoisotopic (exact) mass is 411 g/mol. The summed E-state index contributed by atoms with van der Waals surface area (Å²) in [5.41, 5.74) is 1.49. The minimum Gasteiger partial charge on any atom is -0.379 e. The van der Waals surface area contributed by atoms with Gasteiger partial charge in [0.25, 0.3) is 0 Å². The van der Waals surface area contributed by atoms with Crippen molar-refractivity contribution in [1.82, 2.24) is 9.88 Å². The number of hydrogen-bond donors (Lipinski definition) is 0. The number of anilines is 1. The molecule has 1 aromatic heterocycles. The molecule has 2 saturated heterocycles. The number of fused-ring (bicyclic) bond motifs is 1. The van der Waals surface area contributed by atoms with Crippen LogP contribution < -0.4 is 4.90 Å². The molecule has 0 bridgehead atoms. The van der Waals surface area contributed by atoms with Gasteiger partial charge in [-0.15, -0.1) is 0 Å². The fraction of sp³-hybridized carbons (Fsp3) is 0.583. The van der Waals surface area contributed by atoms with Crippen LogP contribution in [0.1, 0.15) is 25.7 Å². The maximum Gasteiger partial charge on any atom is 0.149 e. The Balaban J connectivity index is 1.33. The van der Waals surface area contributed by atoms with Gasteiger partial charge in [0.05, 0.1) is 19.8 Å². The number of Topliss-reactive ketones (excluding diaryl/α,β-unsaturated/α-hetero) is 1. The second kappa shape index (κ2) is 8.60. The van der Waals surface area contributed by atoms with Crippen LogP contribution in [0.2, 0.25) is 0 Å². The van der Waals surface area contributed by atoms with E-state index in [9.17, 15) is 9.18 Å². The van der Waals surface area contributed by atoms with E-state index in [1.54, 1.807) is 6.20 Å². The van der Waals surface area contributed by atoms with E-state index in [4.69, 9.17) is 4.74 Å². The Kier molecular flexibility index (Phi) is 5.70. The van der Waals surface area contributed by atoms with Crippen molar-refractivity contribution in [2.24, 2.45) is 17.8 Å². The molecule has 0 amide bonds. The van der Waals surface area contributed by atoms with Crippen LogP contribution in [0.25, 0.3) is 10.9 Å². The largest absolute Gasteiger partial charge is 0.379 e. The second-order valence-electron chi connectivity index (χ2n) is 9.20. The molecule has 0 N–H and O–H groups in total. The molecule has 160 valence electrons. The maximum atomic E-state index is 14.3. The van der Waals surface area contributed by atoms with Gasteiger partial charge in [0.15, 0.2) is 0 Å². The summed E-state index contributed by atoms with van der Waals surface area (Å²) < 4.78 is 19.7. The highest BCUT2D eigenvalue weighted by Crippen LogP contribution is 2.44. The second-order valence-corrected chi connectivity index (χ2v) is 9.20. The predicted molar refractivity (Wildman–Crippen MR) is 115 cm³/mol. The standard InChI is InChI=1S/C24H30FN3O2/c25-22-5-6-23(21-2-1-7-26-24(21)22)28-14-17(12-19(15-28)18-3-4-18)13-20(29)16-27-8-10-30-11-9-27/h1-2,5-7,17-19H,3-4,8-16H2. The van der Waals surface area contributed by atoms with Gasteiger partial charge in [-0.05, 0) is 61.3 Å². The minimum atomic E-state index is -0.276. The fourth-order valence-electron chi connectivity index (χ4n) is 5.29. The average Bonchev–Trinajstić information content (AvgIpc) is 3.60. The molecule has 2 unspecified atom stereocenters. The van der Waals surface area contributed by atoms with E-state index in [1.165, 1.54) is 18.9 Å². The normalized spacial score (nSPS) is 25.6. The molecule has 2 aromatic rings. The number of rotatable bonds is 6. The van der Waals surface area contributed by atoms with E-state index in [-0.39, 0.29) is 5.82 Å². The summed E-state index contributed by atoms with van der Waals surface area (Å²) in [6.07, 6.45) is 6.02. The van der Waals surface area contributed by atoms with Gasteiger partial charge in [-0.2, -0.15) is 0 Å². The molecule has 3 fully saturated rings. The smallest absolute Gasteiger partial charge is 0.149 e. The number of benzene rings is 1. The van der Waals surface area contributed by atoms with Gasteiger partial charge in [0.2, 0.25) is 0 Å². The van der Waals surface area contributed by atoms with Crippen LogP contribution in [0.15, 0.2) is 30.5 Å². The van der Waals surface area contributed by atoms with E-state index in [2.05, 4.69) is 14.8 Å². The third kappa shape index (κ3) is 4.35. The predicted octanol–water partition coefficient (Wildman–Crippen LogP) is 3.52. The van der Waals surface area contributed by atoms with E-state index in [0.717, 1.165) is 62.8 Å². The van der Waals surface area contributed by atoms with Crippen molar-refractivity contribution in [1.29, 1.82) is 0 Å². The lowest BCUT2D eigenvalue weighted by molar-refractivity contribution is -0.122. The Bertz CT molecular complexity index is 910. The molecule has 30 heavy (non-hydrogen) atoms. The SMILES string of the molecule is O=C(CC1CC(C2CC2)CN(c2ccc(F)c3ncccc23)C1)CN1CCOCC1. The molecule has 2 aliphatic heterocycles. The molecule has 0 radical (unpaired) electrons. The van der Waals surface area contributed by atoms with Gasteiger partial charge < -0.3 is 9.64 Å². The summed E-state index contributed by atoms with van der Waals surface area (Å²) in [4.78, 5) is 21.7. The number of aromatic nitrogens is 1. The number of carbonyl (C=O) groups is 1. The van der Waals surface area contributed by atoms with Crippen molar-refractivity contribution < 1.29 is 13.9 Å². The van der Waals surface area contributed by atoms with Gasteiger partial charge in [-0.3, -0.25) is 14.7 Å². The minimum absolute atomic E-state index is 0.276. The average molecular weight is 412 g/mol. The summed E-state index contributed by atoms with van der Waals surface area (Å²) in [6.45, 7) is 5.53. The number of hydrogen-bond acceptors (Lipinski definition) is 5. The van der Waals surface area contributed by atoms with Gasteiger partial charge in [0.1, 0.15) is 17.1 Å². The number of morpholine rings is 1. The summed E-state index contributed by atoms with van der Waals surface area (Å²) in [5, 5.41) is 0.868. The zero-order valence-corrected chi connectivity index (χ0v) is 17.4. The molecule has 5 nitrogen and oxygen atoms in total. The number of carbonyl (C=O) groups excluding carboxylic acids is 1. The van der Waals surface area contributed by atoms with Crippen molar-refractivity contribution in [3.05, 3.63) is 36.3 Å². The van der Waals surface area contributed by atoms with Gasteiger partial charge in [-0.1, -0.05) is 0 Å². The summed E-state index contributed by atoms with van der Waals surface area (Å²) in [6, 6.07) is 7.25.